The van der Waals surface area contributed by atoms with E-state index >= 15 is 0 Å². The molecule has 0 amide bonds. The number of aliphatic hydroxyl groups excluding tert-OH is 2. The molecule has 0 heterocycles. The summed E-state index contributed by atoms with van der Waals surface area (Å²) in [7, 11) is 2.13. The fourth-order valence-corrected chi connectivity index (χ4v) is 6.52. The lowest BCUT2D eigenvalue weighted by Gasteiger charge is -2.25. The lowest BCUT2D eigenvalue weighted by molar-refractivity contribution is 0.0739. The molecule has 0 aromatic rings. The van der Waals surface area contributed by atoms with Crippen molar-refractivity contribution in [3.05, 3.63) is 0 Å². The second-order valence-corrected chi connectivity index (χ2v) is 14.8. The Bertz CT molecular complexity index is 545. The lowest BCUT2D eigenvalue weighted by Crippen LogP contribution is -2.36. The van der Waals surface area contributed by atoms with Crippen LogP contribution in [0.4, 0.5) is 0 Å². The van der Waals surface area contributed by atoms with Gasteiger partial charge in [-0.2, -0.15) is 0 Å². The molecule has 0 spiro atoms. The highest BCUT2D eigenvalue weighted by molar-refractivity contribution is 4.70. The van der Waals surface area contributed by atoms with E-state index in [1.165, 1.54) is 154 Å². The summed E-state index contributed by atoms with van der Waals surface area (Å²) in [5.41, 5.74) is 0. The molecular weight excluding hydrogens is 540 g/mol. The molecule has 0 radical (unpaired) electrons. The highest BCUT2D eigenvalue weighted by Crippen LogP contribution is 2.18. The summed E-state index contributed by atoms with van der Waals surface area (Å²) >= 11 is 0. The molecule has 266 valence electrons. The quantitative estimate of drug-likeness (QED) is 0.0607. The molecule has 0 aromatic carbocycles. The second kappa shape index (κ2) is 34.2. The molecule has 4 atom stereocenters. The lowest BCUT2D eigenvalue weighted by atomic mass is 9.96. The van der Waals surface area contributed by atoms with E-state index in [9.17, 15) is 10.2 Å². The minimum atomic E-state index is -0.247. The van der Waals surface area contributed by atoms with E-state index in [4.69, 9.17) is 0 Å². The molecule has 4 unspecified atom stereocenters. The van der Waals surface area contributed by atoms with Crippen LogP contribution in [0.1, 0.15) is 201 Å². The second-order valence-electron chi connectivity index (χ2n) is 14.8. The van der Waals surface area contributed by atoms with Crippen LogP contribution >= 0.6 is 0 Å². The van der Waals surface area contributed by atoms with E-state index in [0.29, 0.717) is 18.4 Å². The molecule has 0 bridgehead atoms. The molecule has 44 heavy (non-hydrogen) atoms. The first-order chi connectivity index (χ1) is 21.4. The Morgan fingerprint density at radius 1 is 0.477 bits per heavy atom. The molecule has 4 nitrogen and oxygen atoms in total. The number of likely N-dealkylation sites (N-methyl/N-ethyl adjacent to an activating group) is 1. The topological polar surface area (TPSA) is 55.7 Å². The van der Waals surface area contributed by atoms with Gasteiger partial charge in [-0.15, -0.1) is 0 Å². The Hall–Kier alpha value is -0.160. The first kappa shape index (κ1) is 43.8. The van der Waals surface area contributed by atoms with Crippen LogP contribution in [-0.4, -0.2) is 60.5 Å². The fourth-order valence-electron chi connectivity index (χ4n) is 6.52. The highest BCUT2D eigenvalue weighted by Gasteiger charge is 2.16. The monoisotopic (exact) mass is 625 g/mol. The van der Waals surface area contributed by atoms with E-state index < -0.39 is 0 Å². The van der Waals surface area contributed by atoms with Crippen LogP contribution in [0.15, 0.2) is 0 Å². The smallest absolute Gasteiger partial charge is 0.0692 e. The predicted molar refractivity (Wildman–Crippen MR) is 197 cm³/mol. The van der Waals surface area contributed by atoms with Gasteiger partial charge in [0.1, 0.15) is 0 Å². The largest absolute Gasteiger partial charge is 0.392 e. The molecule has 0 aliphatic heterocycles. The number of nitrogens with one attached hydrogen (secondary N) is 1. The normalized spacial score (nSPS) is 14.7. The van der Waals surface area contributed by atoms with Crippen LogP contribution in [-0.2, 0) is 0 Å². The average Bonchev–Trinajstić information content (AvgIpc) is 3.01. The van der Waals surface area contributed by atoms with Crippen molar-refractivity contribution in [2.45, 2.75) is 213 Å². The van der Waals surface area contributed by atoms with E-state index in [-0.39, 0.29) is 12.2 Å². The molecular formula is C40H84N2O2. The first-order valence-electron chi connectivity index (χ1n) is 20.2. The van der Waals surface area contributed by atoms with Gasteiger partial charge in [-0.3, -0.25) is 0 Å². The fraction of sp³-hybridized carbons (Fsp3) is 1.00. The van der Waals surface area contributed by atoms with Crippen molar-refractivity contribution in [1.29, 1.82) is 0 Å². The zero-order valence-electron chi connectivity index (χ0n) is 31.1. The van der Waals surface area contributed by atoms with Gasteiger partial charge in [-0.05, 0) is 51.2 Å². The van der Waals surface area contributed by atoms with Crippen molar-refractivity contribution in [3.63, 3.8) is 0 Å². The van der Waals surface area contributed by atoms with Crippen molar-refractivity contribution in [2.75, 3.05) is 33.2 Å². The number of aliphatic hydroxyl groups is 2. The summed E-state index contributed by atoms with van der Waals surface area (Å²) in [6.45, 7) is 12.4. The summed E-state index contributed by atoms with van der Waals surface area (Å²) < 4.78 is 0. The predicted octanol–water partition coefficient (Wildman–Crippen LogP) is 11.1. The van der Waals surface area contributed by atoms with Gasteiger partial charge >= 0.3 is 0 Å². The van der Waals surface area contributed by atoms with Crippen molar-refractivity contribution in [2.24, 2.45) is 11.8 Å². The number of unbranched alkanes of at least 4 members (excludes halogenated alkanes) is 22. The Morgan fingerprint density at radius 3 is 1.20 bits per heavy atom. The van der Waals surface area contributed by atoms with Gasteiger partial charge in [0.05, 0.1) is 12.2 Å². The molecule has 0 aliphatic carbocycles. The van der Waals surface area contributed by atoms with E-state index in [1.807, 2.05) is 0 Å². The van der Waals surface area contributed by atoms with Gasteiger partial charge in [-0.25, -0.2) is 0 Å². The van der Waals surface area contributed by atoms with Gasteiger partial charge in [0, 0.05) is 13.1 Å². The van der Waals surface area contributed by atoms with E-state index in [1.54, 1.807) is 0 Å². The van der Waals surface area contributed by atoms with Crippen molar-refractivity contribution >= 4 is 0 Å². The summed E-state index contributed by atoms with van der Waals surface area (Å²) in [4.78, 5) is 2.28. The molecule has 0 rings (SSSR count). The van der Waals surface area contributed by atoms with E-state index in [2.05, 4.69) is 45.0 Å². The Morgan fingerprint density at radius 2 is 0.818 bits per heavy atom. The minimum Gasteiger partial charge on any atom is -0.392 e. The zero-order chi connectivity index (χ0) is 32.5. The van der Waals surface area contributed by atoms with Gasteiger partial charge in [0.15, 0.2) is 0 Å². The first-order valence-corrected chi connectivity index (χ1v) is 20.2. The van der Waals surface area contributed by atoms with Gasteiger partial charge < -0.3 is 20.4 Å². The maximum absolute atomic E-state index is 10.7. The van der Waals surface area contributed by atoms with Crippen LogP contribution < -0.4 is 5.32 Å². The van der Waals surface area contributed by atoms with Crippen molar-refractivity contribution in [3.8, 4) is 0 Å². The third-order valence-corrected chi connectivity index (χ3v) is 10.1. The number of hydrogen-bond donors (Lipinski definition) is 3. The molecule has 0 saturated heterocycles. The van der Waals surface area contributed by atoms with Crippen LogP contribution in [0.5, 0.6) is 0 Å². The van der Waals surface area contributed by atoms with Gasteiger partial charge in [0.2, 0.25) is 0 Å². The molecule has 0 fully saturated rings. The average molecular weight is 625 g/mol. The minimum absolute atomic E-state index is 0.233. The Balaban J connectivity index is 3.59. The standard InChI is InChI=1S/C40H84N2O2/c1-6-8-10-12-14-16-18-20-22-24-26-28-31-37(3)39(43)35-41-33-30-34-42(5)36-40(44)38(4)32-29-27-25-23-21-19-17-15-13-11-9-7-2/h37-41,43-44H,6-36H2,1-5H3. The molecule has 0 saturated carbocycles. The Kier molecular flexibility index (Phi) is 34.1. The van der Waals surface area contributed by atoms with Crippen molar-refractivity contribution in [1.82, 2.24) is 10.2 Å². The SMILES string of the molecule is CCCCCCCCCCCCCCC(C)C(O)CNCCCN(C)CC(O)C(C)CCCCCCCCCCCCCC. The zero-order valence-corrected chi connectivity index (χ0v) is 31.1. The van der Waals surface area contributed by atoms with Crippen LogP contribution in [0.25, 0.3) is 0 Å². The van der Waals surface area contributed by atoms with Crippen LogP contribution in [0.3, 0.4) is 0 Å². The van der Waals surface area contributed by atoms with Gasteiger partial charge in [0.25, 0.3) is 0 Å². The molecule has 0 aromatic heterocycles. The summed E-state index contributed by atoms with van der Waals surface area (Å²) in [5, 5.41) is 24.7. The summed E-state index contributed by atoms with van der Waals surface area (Å²) in [5.74, 6) is 0.746. The number of hydrogen-bond acceptors (Lipinski definition) is 4. The third-order valence-electron chi connectivity index (χ3n) is 10.1. The third kappa shape index (κ3) is 30.5. The molecule has 0 aliphatic rings. The molecule has 3 N–H and O–H groups in total. The maximum atomic E-state index is 10.7. The Labute approximate surface area is 278 Å². The van der Waals surface area contributed by atoms with Crippen molar-refractivity contribution < 1.29 is 10.2 Å². The van der Waals surface area contributed by atoms with E-state index in [0.717, 1.165) is 38.9 Å². The molecule has 4 heteroatoms. The maximum Gasteiger partial charge on any atom is 0.0692 e. The number of nitrogens with zero attached hydrogens (tertiary/aromatic N) is 1. The van der Waals surface area contributed by atoms with Crippen LogP contribution in [0.2, 0.25) is 0 Å². The number of rotatable bonds is 36. The summed E-state index contributed by atoms with van der Waals surface area (Å²) in [6, 6.07) is 0. The van der Waals surface area contributed by atoms with Gasteiger partial charge in [-0.1, -0.05) is 182 Å². The highest BCUT2D eigenvalue weighted by atomic mass is 16.3. The van der Waals surface area contributed by atoms with Crippen LogP contribution in [0, 0.1) is 11.8 Å². The summed E-state index contributed by atoms with van der Waals surface area (Å²) in [6.07, 6.45) is 36.1.